The van der Waals surface area contributed by atoms with Gasteiger partial charge in [0.2, 0.25) is 0 Å². The van der Waals surface area contributed by atoms with Gasteiger partial charge in [-0.15, -0.1) is 11.3 Å². The van der Waals surface area contributed by atoms with Gasteiger partial charge in [-0.3, -0.25) is 10.1 Å². The van der Waals surface area contributed by atoms with Crippen LogP contribution in [0.1, 0.15) is 30.3 Å². The van der Waals surface area contributed by atoms with E-state index in [0.717, 1.165) is 25.2 Å². The topological polar surface area (TPSA) is 93.4 Å². The van der Waals surface area contributed by atoms with Crippen molar-refractivity contribution in [3.05, 3.63) is 45.0 Å². The summed E-state index contributed by atoms with van der Waals surface area (Å²) in [7, 11) is -3.26. The summed E-state index contributed by atoms with van der Waals surface area (Å²) in [5, 5.41) is 10.4. The smallest absolute Gasteiger partial charge is 0.258 e. The number of hydrogen-bond donors (Lipinski definition) is 0. The molecule has 0 atom stereocenters. The highest BCUT2D eigenvalue weighted by Gasteiger charge is 2.39. The second-order valence-corrected chi connectivity index (χ2v) is 8.57. The Balaban J connectivity index is 2.53. The molecule has 142 valence electrons. The SMILES string of the molecule is CC(C)c1sc(N(C)S(=O)(=O)c2cccc([N+](=O)[O-])c2)nc1C(F)(F)F. The summed E-state index contributed by atoms with van der Waals surface area (Å²) in [5.41, 5.74) is -1.58. The van der Waals surface area contributed by atoms with Crippen LogP contribution in [0, 0.1) is 10.1 Å². The van der Waals surface area contributed by atoms with Crippen LogP contribution >= 0.6 is 11.3 Å². The normalized spacial score (nSPS) is 12.4. The summed E-state index contributed by atoms with van der Waals surface area (Å²) in [6, 6.07) is 4.26. The maximum Gasteiger partial charge on any atom is 0.434 e. The third kappa shape index (κ3) is 3.80. The number of nitrogens with zero attached hydrogens (tertiary/aromatic N) is 3. The lowest BCUT2D eigenvalue weighted by Gasteiger charge is -2.16. The first-order chi connectivity index (χ1) is 11.9. The van der Waals surface area contributed by atoms with Gasteiger partial charge in [0.15, 0.2) is 10.8 Å². The summed E-state index contributed by atoms with van der Waals surface area (Å²) >= 11 is 0.616. The molecule has 1 aromatic heterocycles. The number of sulfonamides is 1. The van der Waals surface area contributed by atoms with Crippen molar-refractivity contribution >= 4 is 32.2 Å². The zero-order valence-corrected chi connectivity index (χ0v) is 15.4. The quantitative estimate of drug-likeness (QED) is 0.549. The first-order valence-corrected chi connectivity index (χ1v) is 9.42. The Hall–Kier alpha value is -2.21. The van der Waals surface area contributed by atoms with Gasteiger partial charge in [0.05, 0.1) is 9.82 Å². The molecule has 0 N–H and O–H groups in total. The Morgan fingerprint density at radius 3 is 2.38 bits per heavy atom. The van der Waals surface area contributed by atoms with E-state index in [1.165, 1.54) is 6.07 Å². The highest BCUT2D eigenvalue weighted by molar-refractivity contribution is 7.93. The van der Waals surface area contributed by atoms with E-state index in [4.69, 9.17) is 0 Å². The predicted octanol–water partition coefficient (Wildman–Crippen LogP) is 4.02. The maximum absolute atomic E-state index is 13.1. The van der Waals surface area contributed by atoms with Crippen LogP contribution in [0.4, 0.5) is 24.0 Å². The Morgan fingerprint density at radius 1 is 1.31 bits per heavy atom. The Bertz CT molecular complexity index is 939. The van der Waals surface area contributed by atoms with Crippen LogP contribution in [0.2, 0.25) is 0 Å². The monoisotopic (exact) mass is 409 g/mol. The second kappa shape index (κ2) is 6.83. The standard InChI is InChI=1S/C14H14F3N3O4S2/c1-8(2)11-12(14(15,16)17)18-13(25-11)19(3)26(23,24)10-6-4-5-9(7-10)20(21)22/h4-8H,1-3H3. The number of nitro benzene ring substituents is 1. The van der Waals surface area contributed by atoms with Gasteiger partial charge in [0.25, 0.3) is 15.7 Å². The molecular formula is C14H14F3N3O4S2. The molecule has 0 saturated carbocycles. The largest absolute Gasteiger partial charge is 0.434 e. The van der Waals surface area contributed by atoms with E-state index in [2.05, 4.69) is 4.98 Å². The highest BCUT2D eigenvalue weighted by atomic mass is 32.2. The van der Waals surface area contributed by atoms with Crippen molar-refractivity contribution in [3.8, 4) is 0 Å². The molecule has 2 aromatic rings. The van der Waals surface area contributed by atoms with Gasteiger partial charge in [-0.25, -0.2) is 17.7 Å². The molecule has 0 radical (unpaired) electrons. The number of nitro groups is 1. The average molecular weight is 409 g/mol. The van der Waals surface area contributed by atoms with E-state index in [1.54, 1.807) is 13.8 Å². The van der Waals surface area contributed by atoms with E-state index in [0.29, 0.717) is 15.6 Å². The fourth-order valence-corrected chi connectivity index (χ4v) is 4.51. The summed E-state index contributed by atoms with van der Waals surface area (Å²) in [5.74, 6) is -0.508. The zero-order valence-electron chi connectivity index (χ0n) is 13.8. The van der Waals surface area contributed by atoms with Gasteiger partial charge >= 0.3 is 6.18 Å². The minimum atomic E-state index is -4.72. The molecule has 0 unspecified atom stereocenters. The van der Waals surface area contributed by atoms with Crippen LogP contribution in [0.15, 0.2) is 29.2 Å². The molecule has 0 aliphatic heterocycles. The summed E-state index contributed by atoms with van der Waals surface area (Å²) in [4.78, 5) is 13.0. The van der Waals surface area contributed by atoms with E-state index in [1.807, 2.05) is 0 Å². The highest BCUT2D eigenvalue weighted by Crippen LogP contribution is 2.41. The molecule has 1 heterocycles. The summed E-state index contributed by atoms with van der Waals surface area (Å²) < 4.78 is 65.3. The van der Waals surface area contributed by atoms with Crippen LogP contribution in [-0.4, -0.2) is 25.4 Å². The number of rotatable bonds is 5. The lowest BCUT2D eigenvalue weighted by molar-refractivity contribution is -0.385. The third-order valence-electron chi connectivity index (χ3n) is 3.39. The first kappa shape index (κ1) is 20.1. The lowest BCUT2D eigenvalue weighted by Crippen LogP contribution is -2.26. The van der Waals surface area contributed by atoms with E-state index in [-0.39, 0.29) is 10.0 Å². The molecule has 0 spiro atoms. The van der Waals surface area contributed by atoms with E-state index >= 15 is 0 Å². The summed E-state index contributed by atoms with van der Waals surface area (Å²) in [6.45, 7) is 3.09. The number of non-ortho nitro benzene ring substituents is 1. The van der Waals surface area contributed by atoms with Crippen molar-refractivity contribution < 1.29 is 26.5 Å². The molecule has 0 aliphatic rings. The fraction of sp³-hybridized carbons (Fsp3) is 0.357. The number of alkyl halides is 3. The van der Waals surface area contributed by atoms with Gasteiger partial charge in [0, 0.05) is 24.1 Å². The Labute approximate surface area is 151 Å². The number of benzene rings is 1. The van der Waals surface area contributed by atoms with E-state index < -0.39 is 43.3 Å². The van der Waals surface area contributed by atoms with Gasteiger partial charge in [0.1, 0.15) is 0 Å². The molecule has 7 nitrogen and oxygen atoms in total. The minimum absolute atomic E-state index is 0.0893. The molecule has 26 heavy (non-hydrogen) atoms. The van der Waals surface area contributed by atoms with Gasteiger partial charge in [-0.2, -0.15) is 13.2 Å². The van der Waals surface area contributed by atoms with Crippen molar-refractivity contribution in [1.29, 1.82) is 0 Å². The number of thiazole rings is 1. The first-order valence-electron chi connectivity index (χ1n) is 7.17. The zero-order chi connectivity index (χ0) is 19.9. The number of anilines is 1. The van der Waals surface area contributed by atoms with E-state index in [9.17, 15) is 31.7 Å². The molecule has 0 bridgehead atoms. The average Bonchev–Trinajstić information content (AvgIpc) is 3.00. The molecule has 0 amide bonds. The van der Waals surface area contributed by atoms with Crippen molar-refractivity contribution in [2.75, 3.05) is 11.4 Å². The Morgan fingerprint density at radius 2 is 1.92 bits per heavy atom. The minimum Gasteiger partial charge on any atom is -0.258 e. The molecule has 0 saturated heterocycles. The second-order valence-electron chi connectivity index (χ2n) is 5.59. The number of halogens is 3. The van der Waals surface area contributed by atoms with Crippen LogP contribution in [0.3, 0.4) is 0 Å². The number of aromatic nitrogens is 1. The lowest BCUT2D eigenvalue weighted by atomic mass is 10.1. The van der Waals surface area contributed by atoms with Gasteiger partial charge in [-0.1, -0.05) is 19.9 Å². The molecule has 2 rings (SSSR count). The Kier molecular flexibility index (Phi) is 5.29. The van der Waals surface area contributed by atoms with Gasteiger partial charge in [-0.05, 0) is 12.0 Å². The number of hydrogen-bond acceptors (Lipinski definition) is 6. The fourth-order valence-electron chi connectivity index (χ4n) is 2.07. The predicted molar refractivity (Wildman–Crippen MR) is 89.9 cm³/mol. The van der Waals surface area contributed by atoms with Crippen LogP contribution in [0.5, 0.6) is 0 Å². The van der Waals surface area contributed by atoms with Crippen LogP contribution in [0.25, 0.3) is 0 Å². The van der Waals surface area contributed by atoms with Crippen LogP contribution < -0.4 is 4.31 Å². The van der Waals surface area contributed by atoms with Crippen molar-refractivity contribution in [2.24, 2.45) is 0 Å². The molecule has 1 aromatic carbocycles. The molecule has 0 aliphatic carbocycles. The van der Waals surface area contributed by atoms with Crippen LogP contribution in [-0.2, 0) is 16.2 Å². The molecule has 12 heteroatoms. The van der Waals surface area contributed by atoms with Crippen molar-refractivity contribution in [1.82, 2.24) is 4.98 Å². The van der Waals surface area contributed by atoms with Crippen molar-refractivity contribution in [2.45, 2.75) is 30.8 Å². The third-order valence-corrected chi connectivity index (χ3v) is 6.68. The molecular weight excluding hydrogens is 395 g/mol. The molecule has 0 fully saturated rings. The van der Waals surface area contributed by atoms with Gasteiger partial charge < -0.3 is 0 Å². The van der Waals surface area contributed by atoms with Crippen molar-refractivity contribution in [3.63, 3.8) is 0 Å². The maximum atomic E-state index is 13.1. The summed E-state index contributed by atoms with van der Waals surface area (Å²) in [6.07, 6.45) is -4.72.